The zero-order valence-electron chi connectivity index (χ0n) is 10.1. The number of benzene rings is 1. The van der Waals surface area contributed by atoms with Crippen molar-refractivity contribution in [3.05, 3.63) is 34.3 Å². The molecule has 110 valence electrons. The first-order chi connectivity index (χ1) is 9.20. The Kier molecular flexibility index (Phi) is 5.55. The minimum atomic E-state index is -5.09. The van der Waals surface area contributed by atoms with Crippen molar-refractivity contribution in [3.63, 3.8) is 0 Å². The van der Waals surface area contributed by atoms with Crippen LogP contribution in [0.2, 0.25) is 0 Å². The number of hydrogen-bond acceptors (Lipinski definition) is 2. The molecule has 1 unspecified atom stereocenters. The minimum Gasteiger partial charge on any atom is -0.480 e. The van der Waals surface area contributed by atoms with E-state index in [0.29, 0.717) is 0 Å². The van der Waals surface area contributed by atoms with Crippen molar-refractivity contribution >= 4 is 27.8 Å². The van der Waals surface area contributed by atoms with Gasteiger partial charge in [-0.25, -0.2) is 4.79 Å². The Morgan fingerprint density at radius 3 is 2.25 bits per heavy atom. The Morgan fingerprint density at radius 1 is 1.25 bits per heavy atom. The van der Waals surface area contributed by atoms with Gasteiger partial charge >= 0.3 is 18.1 Å². The molecule has 1 rings (SSSR count). The number of carboxylic acids is 1. The van der Waals surface area contributed by atoms with E-state index >= 15 is 0 Å². The first-order valence-corrected chi connectivity index (χ1v) is 6.34. The summed E-state index contributed by atoms with van der Waals surface area (Å²) >= 11 is 3.23. The lowest BCUT2D eigenvalue weighted by molar-refractivity contribution is -0.175. The molecular formula is C12H11BrF3NO3. The summed E-state index contributed by atoms with van der Waals surface area (Å²) < 4.78 is 37.0. The summed E-state index contributed by atoms with van der Waals surface area (Å²) in [5.41, 5.74) is 0.765. The van der Waals surface area contributed by atoms with Gasteiger partial charge in [-0.3, -0.25) is 4.79 Å². The number of carbonyl (C=O) groups is 2. The molecule has 20 heavy (non-hydrogen) atoms. The largest absolute Gasteiger partial charge is 0.480 e. The molecule has 8 heteroatoms. The molecule has 0 aliphatic carbocycles. The third-order valence-corrected chi connectivity index (χ3v) is 3.02. The molecule has 4 nitrogen and oxygen atoms in total. The van der Waals surface area contributed by atoms with Crippen LogP contribution in [0.15, 0.2) is 28.7 Å². The highest BCUT2D eigenvalue weighted by Crippen LogP contribution is 2.16. The lowest BCUT2D eigenvalue weighted by atomic mass is 10.1. The fourth-order valence-corrected chi connectivity index (χ4v) is 1.72. The topological polar surface area (TPSA) is 66.4 Å². The highest BCUT2D eigenvalue weighted by molar-refractivity contribution is 9.10. The van der Waals surface area contributed by atoms with Crippen LogP contribution >= 0.6 is 15.9 Å². The number of carbonyl (C=O) groups excluding carboxylic acids is 1. The van der Waals surface area contributed by atoms with Crippen molar-refractivity contribution in [1.82, 2.24) is 5.32 Å². The molecule has 1 atom stereocenters. The number of aryl methyl sites for hydroxylation is 1. The van der Waals surface area contributed by atoms with Gasteiger partial charge in [-0.15, -0.1) is 0 Å². The Bertz CT molecular complexity index is 488. The van der Waals surface area contributed by atoms with Crippen LogP contribution in [0.5, 0.6) is 0 Å². The van der Waals surface area contributed by atoms with Gasteiger partial charge in [0.1, 0.15) is 6.04 Å². The van der Waals surface area contributed by atoms with E-state index in [1.807, 2.05) is 0 Å². The lowest BCUT2D eigenvalue weighted by Crippen LogP contribution is -2.47. The number of halogens is 4. The van der Waals surface area contributed by atoms with Gasteiger partial charge in [0.2, 0.25) is 0 Å². The van der Waals surface area contributed by atoms with Crippen LogP contribution in [0, 0.1) is 0 Å². The minimum absolute atomic E-state index is 0.126. The van der Waals surface area contributed by atoms with Crippen molar-refractivity contribution in [2.45, 2.75) is 25.1 Å². The average molecular weight is 354 g/mol. The number of carboxylic acid groups (broad SMARTS) is 1. The van der Waals surface area contributed by atoms with Gasteiger partial charge in [0, 0.05) is 4.47 Å². The zero-order valence-corrected chi connectivity index (χ0v) is 11.7. The van der Waals surface area contributed by atoms with Crippen molar-refractivity contribution in [3.8, 4) is 0 Å². The maximum Gasteiger partial charge on any atom is 0.471 e. The van der Waals surface area contributed by atoms with E-state index in [0.717, 1.165) is 10.0 Å². The van der Waals surface area contributed by atoms with Crippen molar-refractivity contribution in [2.75, 3.05) is 0 Å². The second-order valence-corrected chi connectivity index (χ2v) is 4.94. The normalized spacial score (nSPS) is 12.8. The van der Waals surface area contributed by atoms with Crippen molar-refractivity contribution in [1.29, 1.82) is 0 Å². The summed E-state index contributed by atoms with van der Waals surface area (Å²) in [6, 6.07) is 5.33. The number of rotatable bonds is 5. The van der Waals surface area contributed by atoms with Crippen LogP contribution in [0.25, 0.3) is 0 Å². The molecule has 2 N–H and O–H groups in total. The first-order valence-electron chi connectivity index (χ1n) is 5.55. The number of amides is 1. The summed E-state index contributed by atoms with van der Waals surface area (Å²) in [5, 5.41) is 10.3. The van der Waals surface area contributed by atoms with Gasteiger partial charge in [0.15, 0.2) is 0 Å². The number of aliphatic carboxylic acids is 1. The molecule has 0 saturated heterocycles. The van der Waals surface area contributed by atoms with Crippen molar-refractivity contribution in [2.24, 2.45) is 0 Å². The molecule has 0 heterocycles. The molecule has 0 spiro atoms. The lowest BCUT2D eigenvalue weighted by Gasteiger charge is -2.15. The summed E-state index contributed by atoms with van der Waals surface area (Å²) in [7, 11) is 0. The Morgan fingerprint density at radius 2 is 1.80 bits per heavy atom. The Labute approximate surface area is 121 Å². The second-order valence-electron chi connectivity index (χ2n) is 4.03. The summed E-state index contributed by atoms with van der Waals surface area (Å²) in [4.78, 5) is 21.6. The molecule has 0 radical (unpaired) electrons. The maximum absolute atomic E-state index is 12.1. The van der Waals surface area contributed by atoms with Crippen LogP contribution in [-0.4, -0.2) is 29.2 Å². The maximum atomic E-state index is 12.1. The van der Waals surface area contributed by atoms with Crippen LogP contribution in [0.4, 0.5) is 13.2 Å². The van der Waals surface area contributed by atoms with Crippen LogP contribution in [-0.2, 0) is 16.0 Å². The summed E-state index contributed by atoms with van der Waals surface area (Å²) in [6.07, 6.45) is -4.98. The van der Waals surface area contributed by atoms with E-state index in [-0.39, 0.29) is 12.8 Å². The van der Waals surface area contributed by atoms with E-state index in [1.54, 1.807) is 24.3 Å². The quantitative estimate of drug-likeness (QED) is 0.854. The van der Waals surface area contributed by atoms with Gasteiger partial charge in [-0.1, -0.05) is 28.1 Å². The second kappa shape index (κ2) is 6.74. The first kappa shape index (κ1) is 16.5. The smallest absolute Gasteiger partial charge is 0.471 e. The molecule has 0 aromatic heterocycles. The standard InChI is InChI=1S/C12H11BrF3NO3/c13-8-4-1-7(2-5-8)3-6-9(10(18)19)17-11(20)12(14,15)16/h1-2,4-5,9H,3,6H2,(H,17,20)(H,18,19). The van der Waals surface area contributed by atoms with E-state index in [9.17, 15) is 22.8 Å². The predicted molar refractivity (Wildman–Crippen MR) is 68.1 cm³/mol. The van der Waals surface area contributed by atoms with E-state index < -0.39 is 24.1 Å². The predicted octanol–water partition coefficient (Wildman–Crippen LogP) is 2.51. The van der Waals surface area contributed by atoms with Crippen molar-refractivity contribution < 1.29 is 27.9 Å². The van der Waals surface area contributed by atoms with Crippen LogP contribution < -0.4 is 5.32 Å². The van der Waals surface area contributed by atoms with Gasteiger partial charge in [0.05, 0.1) is 0 Å². The van der Waals surface area contributed by atoms with E-state index in [2.05, 4.69) is 15.9 Å². The zero-order chi connectivity index (χ0) is 15.3. The third-order valence-electron chi connectivity index (χ3n) is 2.50. The summed E-state index contributed by atoms with van der Waals surface area (Å²) in [6.45, 7) is 0. The fourth-order valence-electron chi connectivity index (χ4n) is 1.46. The monoisotopic (exact) mass is 353 g/mol. The van der Waals surface area contributed by atoms with E-state index in [1.165, 1.54) is 5.32 Å². The molecule has 1 amide bonds. The third kappa shape index (κ3) is 5.20. The molecule has 0 aliphatic heterocycles. The van der Waals surface area contributed by atoms with Gasteiger partial charge < -0.3 is 10.4 Å². The van der Waals surface area contributed by atoms with Gasteiger partial charge in [-0.05, 0) is 30.5 Å². The number of alkyl halides is 3. The molecule has 0 saturated carbocycles. The number of nitrogens with one attached hydrogen (secondary N) is 1. The van der Waals surface area contributed by atoms with Crippen LogP contribution in [0.3, 0.4) is 0 Å². The Hall–Kier alpha value is -1.57. The molecule has 0 aliphatic rings. The van der Waals surface area contributed by atoms with Gasteiger partial charge in [0.25, 0.3) is 0 Å². The SMILES string of the molecule is O=C(O)C(CCc1ccc(Br)cc1)NC(=O)C(F)(F)F. The highest BCUT2D eigenvalue weighted by Gasteiger charge is 2.40. The number of hydrogen-bond donors (Lipinski definition) is 2. The summed E-state index contributed by atoms with van der Waals surface area (Å²) in [5.74, 6) is -3.75. The highest BCUT2D eigenvalue weighted by atomic mass is 79.9. The molecule has 1 aromatic rings. The average Bonchev–Trinajstić information content (AvgIpc) is 2.34. The molecule has 0 bridgehead atoms. The molecule has 1 aromatic carbocycles. The fraction of sp³-hybridized carbons (Fsp3) is 0.333. The Balaban J connectivity index is 2.62. The van der Waals surface area contributed by atoms with Crippen LogP contribution in [0.1, 0.15) is 12.0 Å². The molecular weight excluding hydrogens is 343 g/mol. The van der Waals surface area contributed by atoms with E-state index in [4.69, 9.17) is 5.11 Å². The molecule has 0 fully saturated rings. The van der Waals surface area contributed by atoms with Gasteiger partial charge in [-0.2, -0.15) is 13.2 Å².